The molecule has 1 saturated carbocycles. The van der Waals surface area contributed by atoms with E-state index in [1.807, 2.05) is 0 Å². The highest BCUT2D eigenvalue weighted by molar-refractivity contribution is 5.26. The fourth-order valence-corrected chi connectivity index (χ4v) is 2.35. The van der Waals surface area contributed by atoms with Gasteiger partial charge in [-0.1, -0.05) is 23.3 Å². The highest BCUT2D eigenvalue weighted by Crippen LogP contribution is 2.41. The number of fused-ring (bicyclic) bond motifs is 2. The van der Waals surface area contributed by atoms with Crippen molar-refractivity contribution in [1.29, 1.82) is 0 Å². The standard InChI is InChI=1S/C11H16/c1-8(2)11-7-9-3-5-10(11)6-4-9/h3,5,9-10H,4,6-7H2,1-2H3. The Morgan fingerprint density at radius 1 is 1.27 bits per heavy atom. The highest BCUT2D eigenvalue weighted by Gasteiger charge is 2.26. The van der Waals surface area contributed by atoms with Gasteiger partial charge in [-0.15, -0.1) is 0 Å². The molecule has 3 rings (SSSR count). The molecule has 2 bridgehead atoms. The van der Waals surface area contributed by atoms with Crippen molar-refractivity contribution in [1.82, 2.24) is 0 Å². The molecule has 1 fully saturated rings. The first-order valence-corrected chi connectivity index (χ1v) is 4.62. The summed E-state index contributed by atoms with van der Waals surface area (Å²) >= 11 is 0. The fraction of sp³-hybridized carbons (Fsp3) is 0.636. The fourth-order valence-electron chi connectivity index (χ4n) is 2.35. The van der Waals surface area contributed by atoms with Crippen LogP contribution in [0.15, 0.2) is 23.3 Å². The molecule has 0 heteroatoms. The van der Waals surface area contributed by atoms with Gasteiger partial charge in [0, 0.05) is 0 Å². The second-order valence-corrected chi connectivity index (χ2v) is 4.06. The van der Waals surface area contributed by atoms with E-state index in [4.69, 9.17) is 0 Å². The van der Waals surface area contributed by atoms with E-state index in [0.717, 1.165) is 11.8 Å². The molecule has 0 radical (unpaired) electrons. The van der Waals surface area contributed by atoms with E-state index in [0.29, 0.717) is 0 Å². The lowest BCUT2D eigenvalue weighted by molar-refractivity contribution is 0.407. The average molecular weight is 148 g/mol. The third kappa shape index (κ3) is 1.15. The normalized spacial score (nSPS) is 34.5. The third-order valence-corrected chi connectivity index (χ3v) is 3.04. The third-order valence-electron chi connectivity index (χ3n) is 3.04. The second kappa shape index (κ2) is 2.51. The molecule has 0 spiro atoms. The van der Waals surface area contributed by atoms with E-state index < -0.39 is 0 Å². The lowest BCUT2D eigenvalue weighted by atomic mass is 9.71. The van der Waals surface area contributed by atoms with Crippen LogP contribution in [0.4, 0.5) is 0 Å². The first-order chi connectivity index (χ1) is 5.27. The Bertz CT molecular complexity index is 216. The van der Waals surface area contributed by atoms with Crippen LogP contribution in [0, 0.1) is 11.8 Å². The van der Waals surface area contributed by atoms with Crippen molar-refractivity contribution in [3.8, 4) is 0 Å². The first kappa shape index (κ1) is 7.15. The van der Waals surface area contributed by atoms with Crippen LogP contribution in [0.5, 0.6) is 0 Å². The Labute approximate surface area is 69.0 Å². The summed E-state index contributed by atoms with van der Waals surface area (Å²) in [5, 5.41) is 0. The Morgan fingerprint density at radius 2 is 2.09 bits per heavy atom. The van der Waals surface area contributed by atoms with Crippen molar-refractivity contribution in [2.45, 2.75) is 33.1 Å². The van der Waals surface area contributed by atoms with E-state index in [-0.39, 0.29) is 0 Å². The van der Waals surface area contributed by atoms with Gasteiger partial charge in [-0.05, 0) is 44.9 Å². The Morgan fingerprint density at radius 3 is 2.36 bits per heavy atom. The Hall–Kier alpha value is -0.520. The second-order valence-electron chi connectivity index (χ2n) is 4.06. The summed E-state index contributed by atoms with van der Waals surface area (Å²) in [5.41, 5.74) is 3.28. The molecule has 0 aromatic carbocycles. The van der Waals surface area contributed by atoms with Crippen LogP contribution in [0.1, 0.15) is 33.1 Å². The summed E-state index contributed by atoms with van der Waals surface area (Å²) < 4.78 is 0. The molecule has 2 unspecified atom stereocenters. The van der Waals surface area contributed by atoms with Crippen LogP contribution in [-0.2, 0) is 0 Å². The van der Waals surface area contributed by atoms with Gasteiger partial charge in [-0.25, -0.2) is 0 Å². The van der Waals surface area contributed by atoms with Crippen molar-refractivity contribution >= 4 is 0 Å². The average Bonchev–Trinajstić information content (AvgIpc) is 2.06. The molecule has 3 aliphatic rings. The van der Waals surface area contributed by atoms with Crippen molar-refractivity contribution in [3.63, 3.8) is 0 Å². The molecule has 0 N–H and O–H groups in total. The van der Waals surface area contributed by atoms with Crippen LogP contribution in [0.2, 0.25) is 0 Å². The molecule has 0 aromatic heterocycles. The molecule has 3 aliphatic carbocycles. The van der Waals surface area contributed by atoms with Gasteiger partial charge in [0.15, 0.2) is 0 Å². The zero-order valence-electron chi connectivity index (χ0n) is 7.43. The smallest absolute Gasteiger partial charge is 0.00203 e. The highest BCUT2D eigenvalue weighted by atomic mass is 14.3. The Kier molecular flexibility index (Phi) is 1.63. The molecular formula is C11H16. The number of hydrogen-bond donors (Lipinski definition) is 0. The van der Waals surface area contributed by atoms with E-state index >= 15 is 0 Å². The van der Waals surface area contributed by atoms with Crippen molar-refractivity contribution in [2.24, 2.45) is 11.8 Å². The van der Waals surface area contributed by atoms with Gasteiger partial charge < -0.3 is 0 Å². The number of allylic oxidation sites excluding steroid dienone is 4. The predicted octanol–water partition coefficient (Wildman–Crippen LogP) is 3.31. The molecule has 2 atom stereocenters. The maximum absolute atomic E-state index is 2.42. The van der Waals surface area contributed by atoms with E-state index in [1.165, 1.54) is 19.3 Å². The lowest BCUT2D eigenvalue weighted by Gasteiger charge is -2.34. The minimum absolute atomic E-state index is 0.810. The molecule has 0 aliphatic heterocycles. The first-order valence-electron chi connectivity index (χ1n) is 4.62. The molecule has 60 valence electrons. The molecule has 11 heavy (non-hydrogen) atoms. The SMILES string of the molecule is CC(C)=C1CC2C=CC1CC2. The number of rotatable bonds is 0. The van der Waals surface area contributed by atoms with E-state index in [9.17, 15) is 0 Å². The summed E-state index contributed by atoms with van der Waals surface area (Å²) in [5.74, 6) is 1.69. The zero-order valence-corrected chi connectivity index (χ0v) is 7.43. The molecule has 0 heterocycles. The summed E-state index contributed by atoms with van der Waals surface area (Å²) in [6.07, 6.45) is 9.02. The van der Waals surface area contributed by atoms with Gasteiger partial charge in [0.05, 0.1) is 0 Å². The van der Waals surface area contributed by atoms with Gasteiger partial charge in [-0.3, -0.25) is 0 Å². The molecular weight excluding hydrogens is 132 g/mol. The van der Waals surface area contributed by atoms with Crippen LogP contribution >= 0.6 is 0 Å². The minimum atomic E-state index is 0.810. The summed E-state index contributed by atoms with van der Waals surface area (Å²) in [4.78, 5) is 0. The van der Waals surface area contributed by atoms with Crippen LogP contribution in [0.25, 0.3) is 0 Å². The topological polar surface area (TPSA) is 0 Å². The van der Waals surface area contributed by atoms with Gasteiger partial charge in [0.2, 0.25) is 0 Å². The summed E-state index contributed by atoms with van der Waals surface area (Å²) in [7, 11) is 0. The molecule has 0 amide bonds. The van der Waals surface area contributed by atoms with Crippen molar-refractivity contribution in [2.75, 3.05) is 0 Å². The lowest BCUT2D eigenvalue weighted by Crippen LogP contribution is -2.20. The summed E-state index contributed by atoms with van der Waals surface area (Å²) in [6.45, 7) is 4.51. The maximum atomic E-state index is 2.42. The maximum Gasteiger partial charge on any atom is -0.00203 e. The quantitative estimate of drug-likeness (QED) is 0.462. The van der Waals surface area contributed by atoms with E-state index in [1.54, 1.807) is 11.1 Å². The minimum Gasteiger partial charge on any atom is -0.0845 e. The van der Waals surface area contributed by atoms with Gasteiger partial charge in [0.1, 0.15) is 0 Å². The monoisotopic (exact) mass is 148 g/mol. The number of hydrogen-bond acceptors (Lipinski definition) is 0. The zero-order chi connectivity index (χ0) is 7.84. The van der Waals surface area contributed by atoms with Gasteiger partial charge >= 0.3 is 0 Å². The van der Waals surface area contributed by atoms with Crippen molar-refractivity contribution < 1.29 is 0 Å². The van der Waals surface area contributed by atoms with Gasteiger partial charge in [0.25, 0.3) is 0 Å². The van der Waals surface area contributed by atoms with Crippen LogP contribution < -0.4 is 0 Å². The molecule has 0 saturated heterocycles. The predicted molar refractivity (Wildman–Crippen MR) is 48.3 cm³/mol. The van der Waals surface area contributed by atoms with E-state index in [2.05, 4.69) is 26.0 Å². The molecule has 0 aromatic rings. The van der Waals surface area contributed by atoms with Crippen molar-refractivity contribution in [3.05, 3.63) is 23.3 Å². The van der Waals surface area contributed by atoms with Crippen LogP contribution in [-0.4, -0.2) is 0 Å². The Balaban J connectivity index is 2.31. The van der Waals surface area contributed by atoms with Crippen LogP contribution in [0.3, 0.4) is 0 Å². The largest absolute Gasteiger partial charge is 0.0845 e. The molecule has 0 nitrogen and oxygen atoms in total. The van der Waals surface area contributed by atoms with Gasteiger partial charge in [-0.2, -0.15) is 0 Å². The summed E-state index contributed by atoms with van der Waals surface area (Å²) in [6, 6.07) is 0.